The molecule has 4 rings (SSSR count). The lowest BCUT2D eigenvalue weighted by atomic mass is 9.71. The van der Waals surface area contributed by atoms with E-state index >= 15 is 0 Å². The van der Waals surface area contributed by atoms with Crippen LogP contribution in [0.2, 0.25) is 0 Å². The number of hydrogen-bond acceptors (Lipinski definition) is 2. The molecule has 2 nitrogen and oxygen atoms in total. The first-order valence-electron chi connectivity index (χ1n) is 9.83. The molecule has 2 saturated heterocycles. The highest BCUT2D eigenvalue weighted by Crippen LogP contribution is 2.42. The highest BCUT2D eigenvalue weighted by atomic mass is 15.2. The Balaban J connectivity index is 1.25. The molecule has 0 N–H and O–H groups in total. The SMILES string of the molecule is CC1CCCN1C[C@H]1C[C@H](c2ccc(CN3CCCC3)cc2)C1. The van der Waals surface area contributed by atoms with Gasteiger partial charge in [0.15, 0.2) is 0 Å². The Kier molecular flexibility index (Phi) is 4.73. The van der Waals surface area contributed by atoms with Crippen LogP contribution in [-0.2, 0) is 6.54 Å². The molecule has 0 amide bonds. The molecule has 1 aromatic carbocycles. The van der Waals surface area contributed by atoms with Gasteiger partial charge in [-0.05, 0) is 88.0 Å². The molecule has 2 heterocycles. The van der Waals surface area contributed by atoms with Crippen LogP contribution in [0.4, 0.5) is 0 Å². The minimum Gasteiger partial charge on any atom is -0.300 e. The largest absolute Gasteiger partial charge is 0.300 e. The van der Waals surface area contributed by atoms with E-state index in [2.05, 4.69) is 41.0 Å². The van der Waals surface area contributed by atoms with Crippen molar-refractivity contribution in [3.05, 3.63) is 35.4 Å². The number of nitrogens with zero attached hydrogens (tertiary/aromatic N) is 2. The number of rotatable bonds is 5. The Labute approximate surface area is 141 Å². The summed E-state index contributed by atoms with van der Waals surface area (Å²) in [5, 5.41) is 0. The summed E-state index contributed by atoms with van der Waals surface area (Å²) in [6, 6.07) is 10.4. The maximum atomic E-state index is 2.72. The van der Waals surface area contributed by atoms with Gasteiger partial charge >= 0.3 is 0 Å². The summed E-state index contributed by atoms with van der Waals surface area (Å²) in [5.74, 6) is 1.78. The van der Waals surface area contributed by atoms with E-state index in [4.69, 9.17) is 0 Å². The zero-order valence-electron chi connectivity index (χ0n) is 14.7. The molecule has 1 atom stereocenters. The number of hydrogen-bond donors (Lipinski definition) is 0. The molecule has 1 saturated carbocycles. The summed E-state index contributed by atoms with van der Waals surface area (Å²) in [5.41, 5.74) is 3.08. The topological polar surface area (TPSA) is 6.48 Å². The van der Waals surface area contributed by atoms with Gasteiger partial charge < -0.3 is 4.90 Å². The van der Waals surface area contributed by atoms with E-state index in [9.17, 15) is 0 Å². The summed E-state index contributed by atoms with van der Waals surface area (Å²) >= 11 is 0. The van der Waals surface area contributed by atoms with Crippen LogP contribution in [-0.4, -0.2) is 42.0 Å². The summed E-state index contributed by atoms with van der Waals surface area (Å²) < 4.78 is 0. The van der Waals surface area contributed by atoms with Crippen molar-refractivity contribution in [2.24, 2.45) is 5.92 Å². The molecule has 2 aliphatic heterocycles. The minimum absolute atomic E-state index is 0.832. The second kappa shape index (κ2) is 6.94. The van der Waals surface area contributed by atoms with Crippen molar-refractivity contribution >= 4 is 0 Å². The van der Waals surface area contributed by atoms with Crippen molar-refractivity contribution in [1.82, 2.24) is 9.80 Å². The molecule has 3 fully saturated rings. The predicted octanol–water partition coefficient (Wildman–Crippen LogP) is 4.26. The molecule has 1 unspecified atom stereocenters. The summed E-state index contributed by atoms with van der Waals surface area (Å²) in [4.78, 5) is 5.31. The van der Waals surface area contributed by atoms with Gasteiger partial charge in [-0.1, -0.05) is 24.3 Å². The molecular formula is C21H32N2. The first kappa shape index (κ1) is 15.7. The highest BCUT2D eigenvalue weighted by molar-refractivity contribution is 5.27. The zero-order chi connectivity index (χ0) is 15.6. The second-order valence-corrected chi connectivity index (χ2v) is 8.25. The molecule has 2 heteroatoms. The lowest BCUT2D eigenvalue weighted by molar-refractivity contribution is 0.154. The van der Waals surface area contributed by atoms with Gasteiger partial charge in [0.2, 0.25) is 0 Å². The van der Waals surface area contributed by atoms with Crippen LogP contribution in [0, 0.1) is 5.92 Å². The predicted molar refractivity (Wildman–Crippen MR) is 96.7 cm³/mol. The van der Waals surface area contributed by atoms with Crippen LogP contribution in [0.25, 0.3) is 0 Å². The van der Waals surface area contributed by atoms with Crippen molar-refractivity contribution in [2.45, 2.75) is 64.0 Å². The van der Waals surface area contributed by atoms with Crippen LogP contribution in [0.15, 0.2) is 24.3 Å². The maximum Gasteiger partial charge on any atom is 0.0233 e. The zero-order valence-corrected chi connectivity index (χ0v) is 14.7. The molecule has 1 aliphatic carbocycles. The molecule has 23 heavy (non-hydrogen) atoms. The molecule has 0 radical (unpaired) electrons. The quantitative estimate of drug-likeness (QED) is 0.801. The Bertz CT molecular complexity index is 497. The van der Waals surface area contributed by atoms with Crippen LogP contribution in [0.1, 0.15) is 62.5 Å². The standard InChI is InChI=1S/C21H32N2/c1-17-5-4-12-23(17)16-19-13-21(14-19)20-8-6-18(7-9-20)15-22-10-2-3-11-22/h6-9,17,19,21H,2-5,10-16H2,1H3/t17?,19-,21-. The van der Waals surface area contributed by atoms with Crippen molar-refractivity contribution in [3.8, 4) is 0 Å². The molecule has 126 valence electrons. The summed E-state index contributed by atoms with van der Waals surface area (Å²) in [6.45, 7) is 8.84. The van der Waals surface area contributed by atoms with Gasteiger partial charge in [-0.25, -0.2) is 0 Å². The lowest BCUT2D eigenvalue weighted by Gasteiger charge is -2.39. The maximum absolute atomic E-state index is 2.72. The van der Waals surface area contributed by atoms with E-state index in [0.717, 1.165) is 24.4 Å². The van der Waals surface area contributed by atoms with Crippen LogP contribution in [0.3, 0.4) is 0 Å². The third-order valence-corrected chi connectivity index (χ3v) is 6.47. The van der Waals surface area contributed by atoms with E-state index < -0.39 is 0 Å². The van der Waals surface area contributed by atoms with E-state index in [0.29, 0.717) is 0 Å². The average Bonchev–Trinajstić information content (AvgIpc) is 3.16. The molecule has 3 aliphatic rings. The Hall–Kier alpha value is -0.860. The van der Waals surface area contributed by atoms with Crippen molar-refractivity contribution in [1.29, 1.82) is 0 Å². The van der Waals surface area contributed by atoms with Crippen LogP contribution >= 0.6 is 0 Å². The second-order valence-electron chi connectivity index (χ2n) is 8.25. The van der Waals surface area contributed by atoms with Crippen molar-refractivity contribution < 1.29 is 0 Å². The van der Waals surface area contributed by atoms with E-state index in [1.165, 1.54) is 70.3 Å². The average molecular weight is 313 g/mol. The monoisotopic (exact) mass is 312 g/mol. The Morgan fingerprint density at radius 3 is 2.35 bits per heavy atom. The van der Waals surface area contributed by atoms with Crippen LogP contribution in [0.5, 0.6) is 0 Å². The van der Waals surface area contributed by atoms with E-state index in [1.807, 2.05) is 0 Å². The highest BCUT2D eigenvalue weighted by Gasteiger charge is 2.33. The summed E-state index contributed by atoms with van der Waals surface area (Å²) in [6.07, 6.45) is 8.42. The number of likely N-dealkylation sites (tertiary alicyclic amines) is 2. The Morgan fingerprint density at radius 1 is 0.957 bits per heavy atom. The van der Waals surface area contributed by atoms with Gasteiger partial charge in [0.25, 0.3) is 0 Å². The van der Waals surface area contributed by atoms with E-state index in [-0.39, 0.29) is 0 Å². The third-order valence-electron chi connectivity index (χ3n) is 6.47. The fourth-order valence-electron chi connectivity index (χ4n) is 4.85. The molecular weight excluding hydrogens is 280 g/mol. The van der Waals surface area contributed by atoms with Gasteiger partial charge in [0.05, 0.1) is 0 Å². The fraction of sp³-hybridized carbons (Fsp3) is 0.714. The van der Waals surface area contributed by atoms with Gasteiger partial charge in [0, 0.05) is 19.1 Å². The summed E-state index contributed by atoms with van der Waals surface area (Å²) in [7, 11) is 0. The molecule has 0 bridgehead atoms. The number of benzene rings is 1. The molecule has 0 spiro atoms. The van der Waals surface area contributed by atoms with Gasteiger partial charge in [-0.3, -0.25) is 4.90 Å². The molecule has 0 aromatic heterocycles. The van der Waals surface area contributed by atoms with Gasteiger partial charge in [-0.15, -0.1) is 0 Å². The van der Waals surface area contributed by atoms with Gasteiger partial charge in [-0.2, -0.15) is 0 Å². The Morgan fingerprint density at radius 2 is 1.70 bits per heavy atom. The normalized spacial score (nSPS) is 32.3. The van der Waals surface area contributed by atoms with Crippen molar-refractivity contribution in [2.75, 3.05) is 26.2 Å². The molecule has 1 aromatic rings. The first-order valence-corrected chi connectivity index (χ1v) is 9.83. The minimum atomic E-state index is 0.832. The lowest BCUT2D eigenvalue weighted by Crippen LogP contribution is -2.37. The van der Waals surface area contributed by atoms with Crippen LogP contribution < -0.4 is 0 Å². The van der Waals surface area contributed by atoms with Gasteiger partial charge in [0.1, 0.15) is 0 Å². The smallest absolute Gasteiger partial charge is 0.0233 e. The third kappa shape index (κ3) is 3.64. The van der Waals surface area contributed by atoms with Crippen molar-refractivity contribution in [3.63, 3.8) is 0 Å². The first-order chi connectivity index (χ1) is 11.3. The van der Waals surface area contributed by atoms with E-state index in [1.54, 1.807) is 5.56 Å². The fourth-order valence-corrected chi connectivity index (χ4v) is 4.85.